The Kier molecular flexibility index (Phi) is 7.89. The summed E-state index contributed by atoms with van der Waals surface area (Å²) in [6.07, 6.45) is 0. The minimum atomic E-state index is 0.413. The summed E-state index contributed by atoms with van der Waals surface area (Å²) < 4.78 is 16.0. The molecule has 318 valence electrons. The number of nitrogens with zero attached hydrogens (tertiary/aromatic N) is 4. The summed E-state index contributed by atoms with van der Waals surface area (Å²) >= 11 is 3.59. The van der Waals surface area contributed by atoms with E-state index in [4.69, 9.17) is 4.42 Å². The van der Waals surface area contributed by atoms with E-state index >= 15 is 0 Å². The van der Waals surface area contributed by atoms with Crippen LogP contribution in [-0.2, 0) is 0 Å². The highest BCUT2D eigenvalue weighted by molar-refractivity contribution is 7.27. The van der Waals surface area contributed by atoms with Gasteiger partial charge in [-0.1, -0.05) is 158 Å². The molecule has 0 aliphatic heterocycles. The van der Waals surface area contributed by atoms with Gasteiger partial charge in [0.05, 0.1) is 55.0 Å². The maximum Gasteiger partial charge on any atom is 0.220 e. The monoisotopic (exact) mass is 912 g/mol. The summed E-state index contributed by atoms with van der Waals surface area (Å²) in [6.45, 7) is 9.46. The molecule has 0 N–H and O–H groups in total. The number of nitriles is 1. The summed E-state index contributed by atoms with van der Waals surface area (Å²) in [7, 11) is 0. The maximum absolute atomic E-state index is 12.0. The Bertz CT molecular complexity index is 4670. The van der Waals surface area contributed by atoms with Crippen molar-refractivity contribution in [2.24, 2.45) is 0 Å². The molecular weight excluding hydrogens is 881 g/mol. The molecule has 0 amide bonds. The zero-order valence-electron chi connectivity index (χ0n) is 36.5. The first-order valence-electron chi connectivity index (χ1n) is 22.8. The van der Waals surface area contributed by atoms with Gasteiger partial charge in [0.25, 0.3) is 0 Å². The molecule has 15 rings (SSSR count). The summed E-state index contributed by atoms with van der Waals surface area (Å²) in [4.78, 5) is 4.63. The predicted octanol–water partition coefficient (Wildman–Crippen LogP) is 18.3. The minimum Gasteiger partial charge on any atom is -0.456 e. The van der Waals surface area contributed by atoms with E-state index in [1.165, 1.54) is 30.9 Å². The zero-order valence-corrected chi connectivity index (χ0v) is 38.1. The van der Waals surface area contributed by atoms with E-state index in [1.807, 2.05) is 48.5 Å². The van der Waals surface area contributed by atoms with Gasteiger partial charge in [-0.25, -0.2) is 4.85 Å². The molecule has 0 aliphatic rings. The van der Waals surface area contributed by atoms with Gasteiger partial charge in [0.1, 0.15) is 17.2 Å². The van der Waals surface area contributed by atoms with Crippen LogP contribution < -0.4 is 0 Å². The Balaban J connectivity index is 1.25. The molecule has 69 heavy (non-hydrogen) atoms. The fourth-order valence-corrected chi connectivity index (χ4v) is 13.8. The first-order valence-corrected chi connectivity index (χ1v) is 24.5. The normalized spacial score (nSPS) is 12.0. The number of thiophene rings is 2. The maximum atomic E-state index is 12.0. The molecule has 0 saturated heterocycles. The van der Waals surface area contributed by atoms with Crippen LogP contribution in [0.3, 0.4) is 0 Å². The van der Waals surface area contributed by atoms with Crippen molar-refractivity contribution in [1.29, 1.82) is 5.26 Å². The third kappa shape index (κ3) is 5.15. The van der Waals surface area contributed by atoms with Gasteiger partial charge in [0, 0.05) is 80.5 Å². The van der Waals surface area contributed by atoms with Crippen molar-refractivity contribution in [2.45, 2.75) is 0 Å². The van der Waals surface area contributed by atoms with Crippen LogP contribution in [0.1, 0.15) is 5.56 Å². The summed E-state index contributed by atoms with van der Waals surface area (Å²) in [5.41, 5.74) is 10.8. The van der Waals surface area contributed by atoms with Crippen LogP contribution in [-0.4, -0.2) is 9.13 Å². The standard InChI is InChI=1S/C62H32N4OS2/c1-64-56-54(35-16-4-2-5-17-35)47(34-63)57(65-48-24-12-8-20-37(48)45-32-46-38-21-9-13-25-50(38)67-51(46)33-49(45)65)55(36-18-6-3-7-19-36)60(56)66-58-41(28-30-43-39-22-10-14-26-52(39)68-61(43)58)42-29-31-44-40-23-11-15-27-53(40)69-62(44)59(42)66/h2-33H. The Morgan fingerprint density at radius 3 is 1.59 bits per heavy atom. The van der Waals surface area contributed by atoms with Crippen molar-refractivity contribution in [1.82, 2.24) is 9.13 Å². The number of fused-ring (bicyclic) bond motifs is 17. The van der Waals surface area contributed by atoms with Crippen LogP contribution in [0.2, 0.25) is 0 Å². The molecular formula is C62H32N4OS2. The molecule has 0 aliphatic carbocycles. The number of hydrogen-bond donors (Lipinski definition) is 0. The number of benzene rings is 10. The number of furan rings is 1. The number of hydrogen-bond acceptors (Lipinski definition) is 4. The molecule has 0 fully saturated rings. The van der Waals surface area contributed by atoms with Crippen LogP contribution >= 0.6 is 22.7 Å². The lowest BCUT2D eigenvalue weighted by atomic mass is 9.88. The van der Waals surface area contributed by atoms with Crippen LogP contribution in [0, 0.1) is 17.9 Å². The molecule has 0 saturated carbocycles. The summed E-state index contributed by atoms with van der Waals surface area (Å²) in [5.74, 6) is 0. The fraction of sp³-hybridized carbons (Fsp3) is 0. The van der Waals surface area contributed by atoms with Crippen molar-refractivity contribution in [3.05, 3.63) is 211 Å². The Morgan fingerprint density at radius 2 is 0.971 bits per heavy atom. The lowest BCUT2D eigenvalue weighted by molar-refractivity contribution is 0.669. The zero-order chi connectivity index (χ0) is 45.5. The number of para-hydroxylation sites is 2. The van der Waals surface area contributed by atoms with Gasteiger partial charge in [-0.3, -0.25) is 0 Å². The lowest BCUT2D eigenvalue weighted by Crippen LogP contribution is -2.08. The van der Waals surface area contributed by atoms with Crippen molar-refractivity contribution < 1.29 is 4.42 Å². The molecule has 5 nitrogen and oxygen atoms in total. The van der Waals surface area contributed by atoms with E-state index in [9.17, 15) is 11.8 Å². The Morgan fingerprint density at radius 1 is 0.435 bits per heavy atom. The molecule has 0 radical (unpaired) electrons. The molecule has 0 atom stereocenters. The van der Waals surface area contributed by atoms with Crippen LogP contribution in [0.5, 0.6) is 0 Å². The van der Waals surface area contributed by atoms with Crippen molar-refractivity contribution in [2.75, 3.05) is 0 Å². The van der Waals surface area contributed by atoms with Gasteiger partial charge in [-0.05, 0) is 41.5 Å². The second kappa shape index (κ2) is 14.3. The molecule has 0 spiro atoms. The third-order valence-corrected chi connectivity index (χ3v) is 16.6. The van der Waals surface area contributed by atoms with Crippen LogP contribution in [0.15, 0.2) is 199 Å². The van der Waals surface area contributed by atoms with Gasteiger partial charge < -0.3 is 13.6 Å². The number of aromatic nitrogens is 2. The Hall–Kier alpha value is -8.98. The third-order valence-electron chi connectivity index (χ3n) is 14.2. The Labute approximate surface area is 401 Å². The largest absolute Gasteiger partial charge is 0.456 e. The quantitative estimate of drug-likeness (QED) is 0.165. The molecule has 10 aromatic carbocycles. The highest BCUT2D eigenvalue weighted by Crippen LogP contribution is 2.55. The summed E-state index contributed by atoms with van der Waals surface area (Å²) in [6, 6.07) is 70.7. The lowest BCUT2D eigenvalue weighted by Gasteiger charge is -2.26. The minimum absolute atomic E-state index is 0.413. The van der Waals surface area contributed by atoms with E-state index in [0.717, 1.165) is 97.3 Å². The average molecular weight is 913 g/mol. The first-order chi connectivity index (χ1) is 34.2. The molecule has 15 aromatic rings. The van der Waals surface area contributed by atoms with Gasteiger partial charge >= 0.3 is 0 Å². The highest BCUT2D eigenvalue weighted by atomic mass is 32.1. The first kappa shape index (κ1) is 38.2. The van der Waals surface area contributed by atoms with Crippen LogP contribution in [0.4, 0.5) is 5.69 Å². The smallest absolute Gasteiger partial charge is 0.220 e. The van der Waals surface area contributed by atoms with Crippen molar-refractivity contribution in [3.8, 4) is 39.7 Å². The molecule has 0 unspecified atom stereocenters. The van der Waals surface area contributed by atoms with Gasteiger partial charge in [0.2, 0.25) is 5.69 Å². The molecule has 0 bridgehead atoms. The van der Waals surface area contributed by atoms with Crippen molar-refractivity contribution >= 4 is 134 Å². The van der Waals surface area contributed by atoms with E-state index in [0.29, 0.717) is 22.5 Å². The van der Waals surface area contributed by atoms with Gasteiger partial charge in [-0.2, -0.15) is 5.26 Å². The summed E-state index contributed by atoms with van der Waals surface area (Å²) in [5, 5.41) is 23.1. The van der Waals surface area contributed by atoms with E-state index in [1.54, 1.807) is 22.7 Å². The highest BCUT2D eigenvalue weighted by Gasteiger charge is 2.33. The molecule has 5 aromatic heterocycles. The SMILES string of the molecule is [C-]#[N+]c1c(-c2ccccc2)c(C#N)c(-n2c3ccccc3c3cc4c(cc32)oc2ccccc24)c(-c2ccccc2)c1-n1c2c(ccc3c4ccccc4sc32)c2ccc3c4ccccc4sc3c21. The van der Waals surface area contributed by atoms with Crippen LogP contribution in [0.25, 0.3) is 144 Å². The molecule has 5 heterocycles. The average Bonchev–Trinajstić information content (AvgIpc) is 4.22. The fourth-order valence-electron chi connectivity index (χ4n) is 11.3. The molecule has 7 heteroatoms. The topological polar surface area (TPSA) is 51.1 Å². The van der Waals surface area contributed by atoms with Crippen molar-refractivity contribution in [3.63, 3.8) is 0 Å². The second-order valence-electron chi connectivity index (χ2n) is 17.7. The predicted molar refractivity (Wildman–Crippen MR) is 290 cm³/mol. The van der Waals surface area contributed by atoms with Gasteiger partial charge in [-0.15, -0.1) is 22.7 Å². The van der Waals surface area contributed by atoms with E-state index in [-0.39, 0.29) is 0 Å². The number of rotatable bonds is 4. The van der Waals surface area contributed by atoms with E-state index < -0.39 is 0 Å². The second-order valence-corrected chi connectivity index (χ2v) is 19.8. The van der Waals surface area contributed by atoms with E-state index in [2.05, 4.69) is 166 Å². The van der Waals surface area contributed by atoms with Gasteiger partial charge in [0.15, 0.2) is 0 Å².